The van der Waals surface area contributed by atoms with E-state index in [1.54, 1.807) is 6.07 Å². The highest BCUT2D eigenvalue weighted by Crippen LogP contribution is 2.36. The van der Waals surface area contributed by atoms with Gasteiger partial charge in [0.05, 0.1) is 24.5 Å². The predicted octanol–water partition coefficient (Wildman–Crippen LogP) is 3.49. The van der Waals surface area contributed by atoms with Crippen molar-refractivity contribution in [3.8, 4) is 0 Å². The highest BCUT2D eigenvalue weighted by atomic mass is 32.1. The molecule has 1 aromatic rings. The second-order valence-electron chi connectivity index (χ2n) is 6.36. The Bertz CT molecular complexity index is 637. The summed E-state index contributed by atoms with van der Waals surface area (Å²) >= 11 is 1.33. The van der Waals surface area contributed by atoms with E-state index in [9.17, 15) is 19.5 Å². The van der Waals surface area contributed by atoms with Crippen LogP contribution >= 0.6 is 11.3 Å². The topological polar surface area (TPSA) is 92.7 Å². The summed E-state index contributed by atoms with van der Waals surface area (Å²) in [6, 6.07) is 1.73. The number of methoxy groups -OCH3 is 1. The molecular formula is C17H23NO5S. The number of thiophene rings is 1. The molecule has 7 heteroatoms. The summed E-state index contributed by atoms with van der Waals surface area (Å²) in [6.07, 6.45) is 2.73. The van der Waals surface area contributed by atoms with E-state index >= 15 is 0 Å². The van der Waals surface area contributed by atoms with Gasteiger partial charge in [0.1, 0.15) is 5.00 Å². The Morgan fingerprint density at radius 2 is 1.88 bits per heavy atom. The van der Waals surface area contributed by atoms with Crippen molar-refractivity contribution in [1.29, 1.82) is 0 Å². The zero-order valence-electron chi connectivity index (χ0n) is 14.1. The van der Waals surface area contributed by atoms with Crippen LogP contribution in [0.4, 0.5) is 5.00 Å². The first-order chi connectivity index (χ1) is 11.3. The number of carbonyl (C=O) groups excluding carboxylic acids is 2. The molecule has 1 amide bonds. The van der Waals surface area contributed by atoms with Crippen LogP contribution in [-0.2, 0) is 14.3 Å². The number of carboxylic acid groups (broad SMARTS) is 1. The van der Waals surface area contributed by atoms with Gasteiger partial charge < -0.3 is 15.2 Å². The normalized spacial score (nSPS) is 20.7. The van der Waals surface area contributed by atoms with Gasteiger partial charge >= 0.3 is 11.9 Å². The summed E-state index contributed by atoms with van der Waals surface area (Å²) in [5, 5.41) is 12.5. The van der Waals surface area contributed by atoms with Crippen LogP contribution in [0.25, 0.3) is 0 Å². The first-order valence-corrected chi connectivity index (χ1v) is 8.92. The summed E-state index contributed by atoms with van der Waals surface area (Å²) in [5.41, 5.74) is 0.322. The molecule has 2 N–H and O–H groups in total. The average molecular weight is 353 g/mol. The fourth-order valence-corrected chi connectivity index (χ4v) is 4.05. The minimum absolute atomic E-state index is 0.213. The number of carbonyl (C=O) groups is 3. The number of ether oxygens (including phenoxy) is 1. The van der Waals surface area contributed by atoms with Crippen LogP contribution in [-0.4, -0.2) is 30.1 Å². The summed E-state index contributed by atoms with van der Waals surface area (Å²) in [4.78, 5) is 36.9. The van der Waals surface area contributed by atoms with Crippen molar-refractivity contribution in [1.82, 2.24) is 0 Å². The third-order valence-electron chi connectivity index (χ3n) is 4.38. The summed E-state index contributed by atoms with van der Waals surface area (Å²) < 4.78 is 4.78. The fraction of sp³-hybridized carbons (Fsp3) is 0.588. The summed E-state index contributed by atoms with van der Waals surface area (Å²) in [7, 11) is 1.29. The molecule has 0 aromatic carbocycles. The Hall–Kier alpha value is -1.89. The van der Waals surface area contributed by atoms with Crippen LogP contribution in [0.2, 0.25) is 0 Å². The summed E-state index contributed by atoms with van der Waals surface area (Å²) in [5.74, 6) is -2.78. The summed E-state index contributed by atoms with van der Waals surface area (Å²) in [6.45, 7) is 4.00. The van der Waals surface area contributed by atoms with E-state index in [0.29, 0.717) is 23.4 Å². The van der Waals surface area contributed by atoms with Crippen molar-refractivity contribution in [2.24, 2.45) is 11.8 Å². The lowest BCUT2D eigenvalue weighted by Crippen LogP contribution is -2.36. The number of esters is 1. The first-order valence-electron chi connectivity index (χ1n) is 8.10. The molecule has 2 atom stereocenters. The van der Waals surface area contributed by atoms with Gasteiger partial charge in [0.15, 0.2) is 0 Å². The molecule has 132 valence electrons. The highest BCUT2D eigenvalue weighted by Gasteiger charge is 2.36. The van der Waals surface area contributed by atoms with Crippen molar-refractivity contribution in [3.05, 3.63) is 16.5 Å². The maximum atomic E-state index is 12.6. The number of carboxylic acids is 1. The average Bonchev–Trinajstić information content (AvgIpc) is 2.98. The minimum atomic E-state index is -0.933. The van der Waals surface area contributed by atoms with Crippen LogP contribution in [0, 0.1) is 11.8 Å². The minimum Gasteiger partial charge on any atom is -0.481 e. The molecule has 0 saturated heterocycles. The zero-order valence-corrected chi connectivity index (χ0v) is 14.9. The largest absolute Gasteiger partial charge is 0.481 e. The van der Waals surface area contributed by atoms with Gasteiger partial charge in [-0.1, -0.05) is 26.7 Å². The Morgan fingerprint density at radius 3 is 2.42 bits per heavy atom. The number of hydrogen-bond donors (Lipinski definition) is 2. The molecule has 1 aliphatic carbocycles. The van der Waals surface area contributed by atoms with E-state index in [1.165, 1.54) is 18.4 Å². The third kappa shape index (κ3) is 3.95. The third-order valence-corrected chi connectivity index (χ3v) is 5.73. The molecule has 0 aliphatic heterocycles. The van der Waals surface area contributed by atoms with Gasteiger partial charge in [0.2, 0.25) is 5.91 Å². The molecule has 1 aromatic heterocycles. The monoisotopic (exact) mass is 353 g/mol. The molecule has 0 unspecified atom stereocenters. The number of anilines is 1. The number of rotatable bonds is 5. The Kier molecular flexibility index (Phi) is 5.99. The second-order valence-corrected chi connectivity index (χ2v) is 7.45. The van der Waals surface area contributed by atoms with E-state index < -0.39 is 23.8 Å². The van der Waals surface area contributed by atoms with Crippen LogP contribution in [0.5, 0.6) is 0 Å². The second kappa shape index (κ2) is 7.79. The Labute approximate surface area is 145 Å². The maximum Gasteiger partial charge on any atom is 0.340 e. The smallest absolute Gasteiger partial charge is 0.340 e. The SMILES string of the molecule is COC(=O)c1cc(C(C)C)sc1NC(=O)[C@@H]1CCCC[C@@H]1C(=O)O. The van der Waals surface area contributed by atoms with E-state index in [2.05, 4.69) is 5.32 Å². The van der Waals surface area contributed by atoms with Crippen molar-refractivity contribution < 1.29 is 24.2 Å². The first kappa shape index (κ1) is 18.4. The lowest BCUT2D eigenvalue weighted by molar-refractivity contribution is -0.147. The van der Waals surface area contributed by atoms with Gasteiger partial charge in [-0.15, -0.1) is 11.3 Å². The van der Waals surface area contributed by atoms with E-state index in [0.717, 1.165) is 17.7 Å². The molecule has 0 spiro atoms. The lowest BCUT2D eigenvalue weighted by Gasteiger charge is -2.27. The van der Waals surface area contributed by atoms with Gasteiger partial charge in [0, 0.05) is 4.88 Å². The number of amides is 1. The van der Waals surface area contributed by atoms with Crippen LogP contribution in [0.15, 0.2) is 6.07 Å². The van der Waals surface area contributed by atoms with Crippen molar-refractivity contribution in [2.75, 3.05) is 12.4 Å². The molecule has 0 radical (unpaired) electrons. The van der Waals surface area contributed by atoms with Gasteiger partial charge in [-0.2, -0.15) is 0 Å². The van der Waals surface area contributed by atoms with Crippen molar-refractivity contribution in [3.63, 3.8) is 0 Å². The van der Waals surface area contributed by atoms with Crippen LogP contribution in [0.1, 0.15) is 60.7 Å². The van der Waals surface area contributed by atoms with Crippen molar-refractivity contribution in [2.45, 2.75) is 45.4 Å². The van der Waals surface area contributed by atoms with Crippen LogP contribution in [0.3, 0.4) is 0 Å². The number of aliphatic carboxylic acids is 1. The lowest BCUT2D eigenvalue weighted by atomic mass is 9.79. The highest BCUT2D eigenvalue weighted by molar-refractivity contribution is 7.16. The molecule has 1 aliphatic rings. The van der Waals surface area contributed by atoms with Gasteiger partial charge in [-0.3, -0.25) is 9.59 Å². The van der Waals surface area contributed by atoms with Gasteiger partial charge in [0.25, 0.3) is 0 Å². The molecule has 1 saturated carbocycles. The molecule has 1 fully saturated rings. The molecule has 0 bridgehead atoms. The van der Waals surface area contributed by atoms with E-state index in [4.69, 9.17) is 4.74 Å². The van der Waals surface area contributed by atoms with Crippen molar-refractivity contribution >= 4 is 34.2 Å². The molecular weight excluding hydrogens is 330 g/mol. The Balaban J connectivity index is 2.24. The maximum absolute atomic E-state index is 12.6. The number of hydrogen-bond acceptors (Lipinski definition) is 5. The van der Waals surface area contributed by atoms with E-state index in [1.807, 2.05) is 13.8 Å². The van der Waals surface area contributed by atoms with E-state index in [-0.39, 0.29) is 11.8 Å². The number of nitrogens with one attached hydrogen (secondary N) is 1. The van der Waals surface area contributed by atoms with Gasteiger partial charge in [-0.05, 0) is 24.8 Å². The van der Waals surface area contributed by atoms with Crippen LogP contribution < -0.4 is 5.32 Å². The standard InChI is InChI=1S/C17H23NO5S/c1-9(2)13-8-12(17(22)23-3)15(24-13)18-14(19)10-6-4-5-7-11(10)16(20)21/h8-11H,4-7H2,1-3H3,(H,18,19)(H,20,21)/t10-,11+/m1/s1. The molecule has 1 heterocycles. The molecule has 2 rings (SSSR count). The fourth-order valence-electron chi connectivity index (χ4n) is 2.99. The predicted molar refractivity (Wildman–Crippen MR) is 91.5 cm³/mol. The Morgan fingerprint density at radius 1 is 1.25 bits per heavy atom. The quantitative estimate of drug-likeness (QED) is 0.791. The van der Waals surface area contributed by atoms with Gasteiger partial charge in [-0.25, -0.2) is 4.79 Å². The zero-order chi connectivity index (χ0) is 17.9. The molecule has 24 heavy (non-hydrogen) atoms. The molecule has 6 nitrogen and oxygen atoms in total.